The lowest BCUT2D eigenvalue weighted by molar-refractivity contribution is 0.0711. The molecule has 2 atom stereocenters. The lowest BCUT2D eigenvalue weighted by Crippen LogP contribution is -2.40. The number of aromatic hydroxyl groups is 1. The number of ether oxygens (including phenoxy) is 2. The number of phenols is 1. The Balaban J connectivity index is 2.02. The third kappa shape index (κ3) is 3.17. The van der Waals surface area contributed by atoms with E-state index in [1.807, 2.05) is 6.92 Å². The van der Waals surface area contributed by atoms with Gasteiger partial charge in [0.2, 0.25) is 0 Å². The van der Waals surface area contributed by atoms with Gasteiger partial charge in [0.25, 0.3) is 5.91 Å². The Kier molecular flexibility index (Phi) is 4.27. The zero-order valence-corrected chi connectivity index (χ0v) is 11.2. The van der Waals surface area contributed by atoms with E-state index in [0.717, 1.165) is 19.4 Å². The van der Waals surface area contributed by atoms with E-state index in [2.05, 4.69) is 5.32 Å². The summed E-state index contributed by atoms with van der Waals surface area (Å²) in [5, 5.41) is 12.7. The number of phenolic OH excluding ortho intramolecular Hbond substituents is 1. The molecule has 0 bridgehead atoms. The average Bonchev–Trinajstić information content (AvgIpc) is 2.92. The van der Waals surface area contributed by atoms with Crippen molar-refractivity contribution in [3.63, 3.8) is 0 Å². The van der Waals surface area contributed by atoms with Gasteiger partial charge in [-0.15, -0.1) is 0 Å². The van der Waals surface area contributed by atoms with Crippen LogP contribution >= 0.6 is 0 Å². The topological polar surface area (TPSA) is 67.8 Å². The number of methoxy groups -OCH3 is 1. The van der Waals surface area contributed by atoms with Gasteiger partial charge in [0.1, 0.15) is 11.5 Å². The Hall–Kier alpha value is -1.75. The summed E-state index contributed by atoms with van der Waals surface area (Å²) in [6.45, 7) is 2.66. The van der Waals surface area contributed by atoms with Crippen molar-refractivity contribution in [2.45, 2.75) is 31.9 Å². The number of hydrogen-bond acceptors (Lipinski definition) is 4. The molecule has 1 heterocycles. The number of rotatable bonds is 4. The van der Waals surface area contributed by atoms with Crippen LogP contribution in [0.4, 0.5) is 0 Å². The van der Waals surface area contributed by atoms with Crippen LogP contribution in [-0.4, -0.2) is 36.9 Å². The molecule has 1 aromatic carbocycles. The number of hydrogen-bond donors (Lipinski definition) is 2. The summed E-state index contributed by atoms with van der Waals surface area (Å²) >= 11 is 0. The number of carbonyl (C=O) groups excluding carboxylic acids is 1. The predicted molar refractivity (Wildman–Crippen MR) is 70.6 cm³/mol. The van der Waals surface area contributed by atoms with Crippen molar-refractivity contribution in [2.75, 3.05) is 13.7 Å². The molecule has 0 unspecified atom stereocenters. The molecular weight excluding hydrogens is 246 g/mol. The fourth-order valence-electron chi connectivity index (χ4n) is 2.20. The summed E-state index contributed by atoms with van der Waals surface area (Å²) in [6, 6.07) is 4.54. The van der Waals surface area contributed by atoms with Crippen LogP contribution < -0.4 is 10.1 Å². The van der Waals surface area contributed by atoms with Gasteiger partial charge in [0.05, 0.1) is 24.8 Å². The second-order valence-electron chi connectivity index (χ2n) is 4.70. The SMILES string of the molecule is COc1ccc(C(=O)N[C@H](C)[C@@H]2CCCO2)c(O)c1. The van der Waals surface area contributed by atoms with Gasteiger partial charge in [-0.25, -0.2) is 0 Å². The van der Waals surface area contributed by atoms with Crippen molar-refractivity contribution in [3.8, 4) is 11.5 Å². The smallest absolute Gasteiger partial charge is 0.255 e. The molecule has 1 aliphatic rings. The van der Waals surface area contributed by atoms with Gasteiger partial charge in [-0.3, -0.25) is 4.79 Å². The first-order valence-corrected chi connectivity index (χ1v) is 6.41. The maximum Gasteiger partial charge on any atom is 0.255 e. The molecule has 1 amide bonds. The third-order valence-electron chi connectivity index (χ3n) is 3.33. The third-order valence-corrected chi connectivity index (χ3v) is 3.33. The second kappa shape index (κ2) is 5.93. The highest BCUT2D eigenvalue weighted by atomic mass is 16.5. The summed E-state index contributed by atoms with van der Waals surface area (Å²) in [6.07, 6.45) is 2.04. The molecule has 5 nitrogen and oxygen atoms in total. The first-order valence-electron chi connectivity index (χ1n) is 6.41. The molecule has 0 aliphatic carbocycles. The zero-order chi connectivity index (χ0) is 13.8. The second-order valence-corrected chi connectivity index (χ2v) is 4.70. The van der Waals surface area contributed by atoms with E-state index in [-0.39, 0.29) is 29.4 Å². The highest BCUT2D eigenvalue weighted by Crippen LogP contribution is 2.24. The van der Waals surface area contributed by atoms with E-state index in [1.54, 1.807) is 12.1 Å². The van der Waals surface area contributed by atoms with Crippen molar-refractivity contribution in [1.29, 1.82) is 0 Å². The van der Waals surface area contributed by atoms with Crippen LogP contribution in [0.5, 0.6) is 11.5 Å². The molecular formula is C14H19NO4. The van der Waals surface area contributed by atoms with Gasteiger partial charge in [-0.05, 0) is 31.9 Å². The van der Waals surface area contributed by atoms with Crippen LogP contribution in [0.25, 0.3) is 0 Å². The van der Waals surface area contributed by atoms with Crippen LogP contribution in [-0.2, 0) is 4.74 Å². The molecule has 5 heteroatoms. The Morgan fingerprint density at radius 1 is 1.58 bits per heavy atom. The summed E-state index contributed by atoms with van der Waals surface area (Å²) in [7, 11) is 1.51. The largest absolute Gasteiger partial charge is 0.507 e. The van der Waals surface area contributed by atoms with Crippen molar-refractivity contribution < 1.29 is 19.4 Å². The fourth-order valence-corrected chi connectivity index (χ4v) is 2.20. The number of benzene rings is 1. The van der Waals surface area contributed by atoms with E-state index >= 15 is 0 Å². The van der Waals surface area contributed by atoms with Crippen molar-refractivity contribution in [3.05, 3.63) is 23.8 Å². The highest BCUT2D eigenvalue weighted by Gasteiger charge is 2.24. The molecule has 1 aromatic rings. The van der Waals surface area contributed by atoms with Gasteiger partial charge in [-0.1, -0.05) is 0 Å². The lowest BCUT2D eigenvalue weighted by atomic mass is 10.1. The summed E-state index contributed by atoms with van der Waals surface area (Å²) in [5.41, 5.74) is 0.241. The minimum absolute atomic E-state index is 0.0596. The quantitative estimate of drug-likeness (QED) is 0.869. The van der Waals surface area contributed by atoms with E-state index in [4.69, 9.17) is 9.47 Å². The van der Waals surface area contributed by atoms with Crippen LogP contribution in [0.1, 0.15) is 30.1 Å². The first-order chi connectivity index (χ1) is 9.11. The predicted octanol–water partition coefficient (Wildman–Crippen LogP) is 1.70. The molecule has 1 fully saturated rings. The standard InChI is InChI=1S/C14H19NO4/c1-9(13-4-3-7-19-13)15-14(17)11-6-5-10(18-2)8-12(11)16/h5-6,8-9,13,16H,3-4,7H2,1-2H3,(H,15,17)/t9-,13+/m1/s1. The summed E-state index contributed by atoms with van der Waals surface area (Å²) in [5.74, 6) is 0.126. The van der Waals surface area contributed by atoms with Crippen molar-refractivity contribution in [1.82, 2.24) is 5.32 Å². The Morgan fingerprint density at radius 3 is 2.95 bits per heavy atom. The Morgan fingerprint density at radius 2 is 2.37 bits per heavy atom. The minimum atomic E-state index is -0.303. The lowest BCUT2D eigenvalue weighted by Gasteiger charge is -2.20. The van der Waals surface area contributed by atoms with Crippen molar-refractivity contribution >= 4 is 5.91 Å². The Bertz CT molecular complexity index is 455. The van der Waals surface area contributed by atoms with E-state index in [0.29, 0.717) is 5.75 Å². The molecule has 0 saturated carbocycles. The van der Waals surface area contributed by atoms with Crippen LogP contribution in [0.3, 0.4) is 0 Å². The molecule has 2 rings (SSSR count). The van der Waals surface area contributed by atoms with Gasteiger partial charge >= 0.3 is 0 Å². The molecule has 19 heavy (non-hydrogen) atoms. The molecule has 0 spiro atoms. The fraction of sp³-hybridized carbons (Fsp3) is 0.500. The molecule has 2 N–H and O–H groups in total. The minimum Gasteiger partial charge on any atom is -0.507 e. The number of amides is 1. The van der Waals surface area contributed by atoms with Gasteiger partial charge < -0.3 is 19.9 Å². The summed E-state index contributed by atoms with van der Waals surface area (Å²) in [4.78, 5) is 12.1. The molecule has 104 valence electrons. The van der Waals surface area contributed by atoms with Crippen molar-refractivity contribution in [2.24, 2.45) is 0 Å². The Labute approximate surface area is 112 Å². The zero-order valence-electron chi connectivity index (χ0n) is 11.2. The highest BCUT2D eigenvalue weighted by molar-refractivity contribution is 5.97. The average molecular weight is 265 g/mol. The molecule has 1 aliphatic heterocycles. The van der Waals surface area contributed by atoms with E-state index in [9.17, 15) is 9.90 Å². The number of carbonyl (C=O) groups is 1. The molecule has 0 aromatic heterocycles. The first kappa shape index (κ1) is 13.7. The van der Waals surface area contributed by atoms with Crippen LogP contribution in [0.2, 0.25) is 0 Å². The monoisotopic (exact) mass is 265 g/mol. The van der Waals surface area contributed by atoms with E-state index < -0.39 is 0 Å². The van der Waals surface area contributed by atoms with Crippen LogP contribution in [0.15, 0.2) is 18.2 Å². The molecule has 0 radical (unpaired) electrons. The summed E-state index contributed by atoms with van der Waals surface area (Å²) < 4.78 is 10.5. The van der Waals surface area contributed by atoms with Gasteiger partial charge in [-0.2, -0.15) is 0 Å². The van der Waals surface area contributed by atoms with Crippen LogP contribution in [0, 0.1) is 0 Å². The molecule has 1 saturated heterocycles. The van der Waals surface area contributed by atoms with Gasteiger partial charge in [0.15, 0.2) is 0 Å². The number of nitrogens with one attached hydrogen (secondary N) is 1. The maximum atomic E-state index is 12.1. The van der Waals surface area contributed by atoms with E-state index in [1.165, 1.54) is 13.2 Å². The van der Waals surface area contributed by atoms with Gasteiger partial charge in [0, 0.05) is 12.7 Å². The maximum absolute atomic E-state index is 12.1. The normalized spacial score (nSPS) is 20.0.